The van der Waals surface area contributed by atoms with Crippen molar-refractivity contribution in [3.63, 3.8) is 0 Å². The summed E-state index contributed by atoms with van der Waals surface area (Å²) in [4.78, 5) is 3.02. The number of aliphatic hydroxyl groups excluding tert-OH is 1. The van der Waals surface area contributed by atoms with Crippen molar-refractivity contribution in [2.45, 2.75) is 25.7 Å². The zero-order chi connectivity index (χ0) is 15.0. The number of hydrogen-bond acceptors (Lipinski definition) is 3. The van der Waals surface area contributed by atoms with Crippen LogP contribution < -0.4 is 4.90 Å². The average Bonchev–Trinajstić information content (AvgIpc) is 2.93. The van der Waals surface area contributed by atoms with Crippen LogP contribution in [0.2, 0.25) is 0 Å². The third kappa shape index (κ3) is 2.78. The zero-order valence-corrected chi connectivity index (χ0v) is 12.0. The van der Waals surface area contributed by atoms with E-state index in [9.17, 15) is 13.2 Å². The van der Waals surface area contributed by atoms with Crippen LogP contribution in [-0.4, -0.2) is 11.7 Å². The van der Waals surface area contributed by atoms with E-state index in [0.29, 0.717) is 13.1 Å². The fourth-order valence-corrected chi connectivity index (χ4v) is 3.53. The minimum absolute atomic E-state index is 0.191. The molecule has 6 heteroatoms. The Morgan fingerprint density at radius 3 is 2.76 bits per heavy atom. The number of nitrogens with zero attached hydrogens (tertiary/aromatic N) is 1. The van der Waals surface area contributed by atoms with Crippen molar-refractivity contribution in [3.8, 4) is 0 Å². The molecule has 1 aromatic heterocycles. The molecule has 112 valence electrons. The molecule has 3 rings (SSSR count). The molecule has 2 nitrogen and oxygen atoms in total. The number of rotatable bonds is 2. The highest BCUT2D eigenvalue weighted by molar-refractivity contribution is 7.10. The van der Waals surface area contributed by atoms with Gasteiger partial charge >= 0.3 is 6.18 Å². The summed E-state index contributed by atoms with van der Waals surface area (Å²) < 4.78 is 39.7. The Labute approximate surface area is 124 Å². The number of aliphatic hydroxyl groups is 1. The molecule has 1 aromatic carbocycles. The van der Waals surface area contributed by atoms with E-state index in [4.69, 9.17) is 5.11 Å². The first-order valence-electron chi connectivity index (χ1n) is 6.60. The SMILES string of the molecule is OCc1ccc(N2CCc3sccc3C2)c(C(F)(F)F)c1. The Balaban J connectivity index is 1.99. The Bertz CT molecular complexity index is 651. The first-order valence-corrected chi connectivity index (χ1v) is 7.48. The molecule has 2 heterocycles. The van der Waals surface area contributed by atoms with Crippen LogP contribution in [0.4, 0.5) is 18.9 Å². The number of halogens is 3. The van der Waals surface area contributed by atoms with Crippen molar-refractivity contribution >= 4 is 17.0 Å². The highest BCUT2D eigenvalue weighted by Crippen LogP contribution is 2.39. The number of thiophene rings is 1. The minimum Gasteiger partial charge on any atom is -0.392 e. The quantitative estimate of drug-likeness (QED) is 0.911. The number of hydrogen-bond donors (Lipinski definition) is 1. The first-order chi connectivity index (χ1) is 9.99. The fraction of sp³-hybridized carbons (Fsp3) is 0.333. The molecule has 0 amide bonds. The van der Waals surface area contributed by atoms with Gasteiger partial charge in [-0.15, -0.1) is 11.3 Å². The molecule has 0 saturated heterocycles. The molecule has 0 saturated carbocycles. The molecule has 0 fully saturated rings. The maximum Gasteiger partial charge on any atom is 0.418 e. The predicted octanol–water partition coefficient (Wildman–Crippen LogP) is 3.82. The third-order valence-electron chi connectivity index (χ3n) is 3.70. The second-order valence-electron chi connectivity index (χ2n) is 5.05. The lowest BCUT2D eigenvalue weighted by Gasteiger charge is -2.31. The Hall–Kier alpha value is -1.53. The highest BCUT2D eigenvalue weighted by Gasteiger charge is 2.35. The maximum atomic E-state index is 13.2. The van der Waals surface area contributed by atoms with Gasteiger partial charge in [0, 0.05) is 23.7 Å². The van der Waals surface area contributed by atoms with E-state index in [1.165, 1.54) is 10.9 Å². The van der Waals surface area contributed by atoms with Crippen LogP contribution in [0, 0.1) is 0 Å². The van der Waals surface area contributed by atoms with Crippen molar-refractivity contribution in [3.05, 3.63) is 51.2 Å². The molecule has 2 aromatic rings. The van der Waals surface area contributed by atoms with Crippen LogP contribution in [0.3, 0.4) is 0 Å². The number of fused-ring (bicyclic) bond motifs is 1. The van der Waals surface area contributed by atoms with Gasteiger partial charge in [-0.3, -0.25) is 0 Å². The minimum atomic E-state index is -4.42. The molecule has 21 heavy (non-hydrogen) atoms. The van der Waals surface area contributed by atoms with Gasteiger partial charge in [-0.05, 0) is 41.1 Å². The number of alkyl halides is 3. The molecule has 1 aliphatic rings. The molecule has 0 unspecified atom stereocenters. The summed E-state index contributed by atoms with van der Waals surface area (Å²) in [6.45, 7) is 0.688. The molecule has 0 spiro atoms. The van der Waals surface area contributed by atoms with E-state index < -0.39 is 18.3 Å². The van der Waals surface area contributed by atoms with Crippen LogP contribution >= 0.6 is 11.3 Å². The highest BCUT2D eigenvalue weighted by atomic mass is 32.1. The van der Waals surface area contributed by atoms with Gasteiger partial charge in [0.25, 0.3) is 0 Å². The Kier molecular flexibility index (Phi) is 3.67. The third-order valence-corrected chi connectivity index (χ3v) is 4.72. The monoisotopic (exact) mass is 313 g/mol. The van der Waals surface area contributed by atoms with Gasteiger partial charge in [0.15, 0.2) is 0 Å². The molecule has 1 aliphatic heterocycles. The summed E-state index contributed by atoms with van der Waals surface area (Å²) in [5.74, 6) is 0. The van der Waals surface area contributed by atoms with E-state index in [1.807, 2.05) is 11.4 Å². The van der Waals surface area contributed by atoms with Gasteiger partial charge in [0.05, 0.1) is 12.2 Å². The van der Waals surface area contributed by atoms with Gasteiger partial charge in [-0.1, -0.05) is 6.07 Å². The lowest BCUT2D eigenvalue weighted by Crippen LogP contribution is -2.31. The standard InChI is InChI=1S/C15H14F3NOS/c16-15(17,18)12-7-10(9-20)1-2-13(12)19-5-3-14-11(8-19)4-6-21-14/h1-2,4,6-7,20H,3,5,8-9H2. The van der Waals surface area contributed by atoms with Crippen molar-refractivity contribution < 1.29 is 18.3 Å². The predicted molar refractivity (Wildman–Crippen MR) is 76.4 cm³/mol. The summed E-state index contributed by atoms with van der Waals surface area (Å²) in [7, 11) is 0. The van der Waals surface area contributed by atoms with Gasteiger partial charge in [0.2, 0.25) is 0 Å². The molecule has 0 atom stereocenters. The maximum absolute atomic E-state index is 13.2. The van der Waals surface area contributed by atoms with Gasteiger partial charge < -0.3 is 10.0 Å². The molecule has 0 radical (unpaired) electrons. The van der Waals surface area contributed by atoms with Crippen molar-refractivity contribution in [1.29, 1.82) is 0 Å². The van der Waals surface area contributed by atoms with Crippen LogP contribution in [-0.2, 0) is 25.7 Å². The van der Waals surface area contributed by atoms with Gasteiger partial charge in [-0.2, -0.15) is 13.2 Å². The van der Waals surface area contributed by atoms with E-state index in [2.05, 4.69) is 0 Å². The van der Waals surface area contributed by atoms with Crippen LogP contribution in [0.5, 0.6) is 0 Å². The fourth-order valence-electron chi connectivity index (χ4n) is 2.64. The van der Waals surface area contributed by atoms with E-state index in [1.54, 1.807) is 22.3 Å². The van der Waals surface area contributed by atoms with E-state index in [0.717, 1.165) is 18.1 Å². The summed E-state index contributed by atoms with van der Waals surface area (Å²) in [6.07, 6.45) is -3.65. The lowest BCUT2D eigenvalue weighted by atomic mass is 10.0. The normalized spacial score (nSPS) is 15.1. The van der Waals surface area contributed by atoms with Crippen LogP contribution in [0.1, 0.15) is 21.6 Å². The lowest BCUT2D eigenvalue weighted by molar-refractivity contribution is -0.137. The van der Waals surface area contributed by atoms with Crippen molar-refractivity contribution in [1.82, 2.24) is 0 Å². The van der Waals surface area contributed by atoms with Crippen LogP contribution in [0.15, 0.2) is 29.6 Å². The number of anilines is 1. The summed E-state index contributed by atoms with van der Waals surface area (Å²) in [5, 5.41) is 11.0. The van der Waals surface area contributed by atoms with Gasteiger partial charge in [0.1, 0.15) is 0 Å². The van der Waals surface area contributed by atoms with E-state index in [-0.39, 0.29) is 11.3 Å². The second kappa shape index (κ2) is 5.35. The average molecular weight is 313 g/mol. The molecular formula is C15H14F3NOS. The smallest absolute Gasteiger partial charge is 0.392 e. The molecule has 1 N–H and O–H groups in total. The summed E-state index contributed by atoms with van der Waals surface area (Å²) in [5.41, 5.74) is 0.897. The van der Waals surface area contributed by atoms with Gasteiger partial charge in [-0.25, -0.2) is 0 Å². The van der Waals surface area contributed by atoms with Crippen molar-refractivity contribution in [2.24, 2.45) is 0 Å². The zero-order valence-electron chi connectivity index (χ0n) is 11.2. The van der Waals surface area contributed by atoms with E-state index >= 15 is 0 Å². The second-order valence-corrected chi connectivity index (χ2v) is 6.05. The van der Waals surface area contributed by atoms with Crippen molar-refractivity contribution in [2.75, 3.05) is 11.4 Å². The molecule has 0 bridgehead atoms. The molecular weight excluding hydrogens is 299 g/mol. The number of benzene rings is 1. The van der Waals surface area contributed by atoms with Crippen LogP contribution in [0.25, 0.3) is 0 Å². The topological polar surface area (TPSA) is 23.5 Å². The Morgan fingerprint density at radius 1 is 1.24 bits per heavy atom. The Morgan fingerprint density at radius 2 is 2.05 bits per heavy atom. The summed E-state index contributed by atoms with van der Waals surface area (Å²) in [6, 6.07) is 6.03. The first kappa shape index (κ1) is 14.4. The largest absolute Gasteiger partial charge is 0.418 e. The molecule has 0 aliphatic carbocycles. The summed E-state index contributed by atoms with van der Waals surface area (Å²) >= 11 is 1.66.